The lowest BCUT2D eigenvalue weighted by atomic mass is 9.94. The second-order valence-corrected chi connectivity index (χ2v) is 8.92. The Hall–Kier alpha value is -3.81. The molecule has 0 spiro atoms. The van der Waals surface area contributed by atoms with Crippen LogP contribution in [0.4, 0.5) is 15.9 Å². The lowest BCUT2D eigenvalue weighted by Crippen LogP contribution is -2.46. The summed E-state index contributed by atoms with van der Waals surface area (Å²) in [5, 5.41) is 4.89. The Balaban J connectivity index is 1.32. The maximum absolute atomic E-state index is 13.6. The lowest BCUT2D eigenvalue weighted by Gasteiger charge is -2.37. The highest BCUT2D eigenvalue weighted by Gasteiger charge is 2.33. The molecule has 172 valence electrons. The van der Waals surface area contributed by atoms with Gasteiger partial charge in [-0.1, -0.05) is 23.4 Å². The van der Waals surface area contributed by atoms with Crippen molar-refractivity contribution in [2.75, 3.05) is 29.4 Å². The van der Waals surface area contributed by atoms with Crippen LogP contribution in [0.15, 0.2) is 59.4 Å². The second kappa shape index (κ2) is 8.52. The van der Waals surface area contributed by atoms with E-state index in [0.29, 0.717) is 29.2 Å². The number of benzene rings is 2. The Bertz CT molecular complexity index is 1350. The Labute approximate surface area is 196 Å². The highest BCUT2D eigenvalue weighted by molar-refractivity contribution is 5.99. The number of nitrogens with zero attached hydrogens (tertiary/aromatic N) is 5. The van der Waals surface area contributed by atoms with E-state index in [2.05, 4.69) is 26.1 Å². The average Bonchev–Trinajstić information content (AvgIpc) is 3.33. The first-order valence-corrected chi connectivity index (χ1v) is 11.7. The van der Waals surface area contributed by atoms with Crippen molar-refractivity contribution >= 4 is 28.5 Å². The van der Waals surface area contributed by atoms with Crippen LogP contribution in [0.5, 0.6) is 0 Å². The fraction of sp³-hybridized carbons (Fsp3) is 0.308. The molecule has 2 aliphatic rings. The number of carbonyl (C=O) groups is 1. The number of para-hydroxylation sites is 1. The summed E-state index contributed by atoms with van der Waals surface area (Å²) in [6.45, 7) is 2.10. The van der Waals surface area contributed by atoms with Crippen LogP contribution >= 0.6 is 0 Å². The molecule has 2 aromatic heterocycles. The third-order valence-corrected chi connectivity index (χ3v) is 6.82. The number of piperidine rings is 1. The molecule has 4 heterocycles. The number of halogens is 1. The van der Waals surface area contributed by atoms with Gasteiger partial charge in [0.15, 0.2) is 0 Å². The average molecular weight is 458 g/mol. The molecule has 34 heavy (non-hydrogen) atoms. The Morgan fingerprint density at radius 3 is 2.76 bits per heavy atom. The third kappa shape index (κ3) is 3.59. The first-order chi connectivity index (χ1) is 16.7. The van der Waals surface area contributed by atoms with Crippen molar-refractivity contribution in [3.05, 3.63) is 66.2 Å². The molecule has 2 aliphatic heterocycles. The molecule has 1 saturated heterocycles. The van der Waals surface area contributed by atoms with Crippen LogP contribution in [0.1, 0.15) is 24.8 Å². The summed E-state index contributed by atoms with van der Waals surface area (Å²) in [5.74, 6) is 0.428. The van der Waals surface area contributed by atoms with E-state index < -0.39 is 0 Å². The van der Waals surface area contributed by atoms with Crippen LogP contribution in [-0.4, -0.2) is 40.7 Å². The van der Waals surface area contributed by atoms with Crippen molar-refractivity contribution in [1.29, 1.82) is 0 Å². The number of fused-ring (bicyclic) bond motifs is 2. The maximum Gasteiger partial charge on any atom is 0.263 e. The highest BCUT2D eigenvalue weighted by atomic mass is 19.1. The Kier molecular flexibility index (Phi) is 5.20. The van der Waals surface area contributed by atoms with E-state index in [-0.39, 0.29) is 17.6 Å². The summed E-state index contributed by atoms with van der Waals surface area (Å²) in [6.07, 6.45) is 5.18. The molecule has 0 N–H and O–H groups in total. The second-order valence-electron chi connectivity index (χ2n) is 8.92. The van der Waals surface area contributed by atoms with Gasteiger partial charge in [-0.2, -0.15) is 4.98 Å². The van der Waals surface area contributed by atoms with Crippen LogP contribution in [0.25, 0.3) is 22.4 Å². The van der Waals surface area contributed by atoms with Crippen LogP contribution in [0.3, 0.4) is 0 Å². The van der Waals surface area contributed by atoms with Crippen molar-refractivity contribution in [3.8, 4) is 11.3 Å². The summed E-state index contributed by atoms with van der Waals surface area (Å²) in [4.78, 5) is 26.5. The van der Waals surface area contributed by atoms with Crippen molar-refractivity contribution < 1.29 is 13.7 Å². The molecule has 8 heteroatoms. The Morgan fingerprint density at radius 1 is 1.03 bits per heavy atom. The van der Waals surface area contributed by atoms with Crippen LogP contribution < -0.4 is 9.80 Å². The monoisotopic (exact) mass is 457 g/mol. The molecule has 1 atom stereocenters. The number of rotatable bonds is 3. The minimum atomic E-state index is -0.315. The summed E-state index contributed by atoms with van der Waals surface area (Å²) < 4.78 is 18.9. The van der Waals surface area contributed by atoms with Gasteiger partial charge in [0.2, 0.25) is 5.91 Å². The van der Waals surface area contributed by atoms with Crippen molar-refractivity contribution in [3.63, 3.8) is 0 Å². The minimum Gasteiger partial charge on any atom is -0.355 e. The topological polar surface area (TPSA) is 75.4 Å². The summed E-state index contributed by atoms with van der Waals surface area (Å²) >= 11 is 0. The van der Waals surface area contributed by atoms with E-state index in [0.717, 1.165) is 50.0 Å². The normalized spacial score (nSPS) is 18.2. The van der Waals surface area contributed by atoms with E-state index in [4.69, 9.17) is 4.52 Å². The Morgan fingerprint density at radius 2 is 1.88 bits per heavy atom. The van der Waals surface area contributed by atoms with Gasteiger partial charge in [-0.05, 0) is 61.6 Å². The van der Waals surface area contributed by atoms with Gasteiger partial charge < -0.3 is 14.3 Å². The van der Waals surface area contributed by atoms with Gasteiger partial charge in [-0.15, -0.1) is 0 Å². The molecule has 0 radical (unpaired) electrons. The van der Waals surface area contributed by atoms with E-state index in [1.54, 1.807) is 12.1 Å². The molecule has 0 saturated carbocycles. The third-order valence-electron chi connectivity index (χ3n) is 6.82. The van der Waals surface area contributed by atoms with Crippen LogP contribution in [0.2, 0.25) is 0 Å². The van der Waals surface area contributed by atoms with Gasteiger partial charge in [0.25, 0.3) is 5.71 Å². The van der Waals surface area contributed by atoms with Crippen LogP contribution in [-0.2, 0) is 11.2 Å². The lowest BCUT2D eigenvalue weighted by molar-refractivity contribution is -0.122. The van der Waals surface area contributed by atoms with Gasteiger partial charge in [-0.3, -0.25) is 4.79 Å². The van der Waals surface area contributed by atoms with E-state index in [1.807, 2.05) is 23.1 Å². The number of carbonyl (C=O) groups excluding carboxylic acids is 1. The molecule has 6 rings (SSSR count). The summed E-state index contributed by atoms with van der Waals surface area (Å²) in [5.41, 5.74) is 3.95. The fourth-order valence-corrected chi connectivity index (χ4v) is 5.17. The van der Waals surface area contributed by atoms with Crippen molar-refractivity contribution in [2.24, 2.45) is 5.92 Å². The molecule has 4 aromatic rings. The molecule has 2 aromatic carbocycles. The molecular weight excluding hydrogens is 433 g/mol. The number of aryl methyl sites for hydroxylation is 1. The largest absolute Gasteiger partial charge is 0.355 e. The highest BCUT2D eigenvalue weighted by Crippen LogP contribution is 2.36. The van der Waals surface area contributed by atoms with Gasteiger partial charge in [0.1, 0.15) is 29.0 Å². The molecule has 1 fully saturated rings. The first-order valence-electron chi connectivity index (χ1n) is 11.7. The molecule has 1 amide bonds. The van der Waals surface area contributed by atoms with E-state index in [9.17, 15) is 9.18 Å². The minimum absolute atomic E-state index is 0.126. The molecular formula is C26H24FN5O2. The van der Waals surface area contributed by atoms with Crippen molar-refractivity contribution in [1.82, 2.24) is 15.1 Å². The predicted molar refractivity (Wildman–Crippen MR) is 127 cm³/mol. The zero-order chi connectivity index (χ0) is 23.1. The van der Waals surface area contributed by atoms with Gasteiger partial charge in [0, 0.05) is 30.9 Å². The molecule has 0 aliphatic carbocycles. The number of anilines is 2. The van der Waals surface area contributed by atoms with Gasteiger partial charge in [0.05, 0.1) is 5.92 Å². The zero-order valence-electron chi connectivity index (χ0n) is 18.7. The smallest absolute Gasteiger partial charge is 0.263 e. The fourth-order valence-electron chi connectivity index (χ4n) is 5.17. The maximum atomic E-state index is 13.6. The first kappa shape index (κ1) is 20.8. The van der Waals surface area contributed by atoms with Crippen molar-refractivity contribution in [2.45, 2.75) is 25.7 Å². The number of amides is 1. The standard InChI is InChI=1S/C26H24FN5O2/c27-20-11-9-18(10-12-20)23-22-24(28-16-29-25(22)34-30-23)31-13-3-7-19(15-31)26(33)32-14-4-6-17-5-1-2-8-21(17)32/h1-2,5,8-12,16,19H,3-4,6-7,13-15H2/t19-/m1/s1. The van der Waals surface area contributed by atoms with Crippen LogP contribution in [0, 0.1) is 11.7 Å². The van der Waals surface area contributed by atoms with Gasteiger partial charge in [-0.25, -0.2) is 9.37 Å². The van der Waals surface area contributed by atoms with E-state index in [1.165, 1.54) is 24.0 Å². The number of hydrogen-bond acceptors (Lipinski definition) is 6. The molecule has 7 nitrogen and oxygen atoms in total. The summed E-state index contributed by atoms with van der Waals surface area (Å²) in [6, 6.07) is 14.3. The summed E-state index contributed by atoms with van der Waals surface area (Å²) in [7, 11) is 0. The predicted octanol–water partition coefficient (Wildman–Crippen LogP) is 4.62. The van der Waals surface area contributed by atoms with Gasteiger partial charge >= 0.3 is 0 Å². The zero-order valence-corrected chi connectivity index (χ0v) is 18.7. The molecule has 0 bridgehead atoms. The number of hydrogen-bond donors (Lipinski definition) is 0. The van der Waals surface area contributed by atoms with E-state index >= 15 is 0 Å². The SMILES string of the molecule is O=C([C@@H]1CCCN(c2ncnc3onc(-c4ccc(F)cc4)c23)C1)N1CCCc2ccccc21. The molecule has 0 unspecified atom stereocenters. The number of aromatic nitrogens is 3. The quantitative estimate of drug-likeness (QED) is 0.447.